The van der Waals surface area contributed by atoms with E-state index < -0.39 is 7.60 Å². The van der Waals surface area contributed by atoms with Crippen LogP contribution in [0, 0.1) is 0 Å². The Labute approximate surface area is 116 Å². The summed E-state index contributed by atoms with van der Waals surface area (Å²) in [6.07, 6.45) is 0. The van der Waals surface area contributed by atoms with Gasteiger partial charge in [-0.05, 0) is 17.7 Å². The smallest absolute Gasteiger partial charge is 0.359 e. The Bertz CT molecular complexity index is 648. The maximum atomic E-state index is 11.6. The Kier molecular flexibility index (Phi) is 4.14. The van der Waals surface area contributed by atoms with Crippen LogP contribution < -0.4 is 14.8 Å². The lowest BCUT2D eigenvalue weighted by Gasteiger charge is -2.17. The highest BCUT2D eigenvalue weighted by atomic mass is 31.2. The summed E-state index contributed by atoms with van der Waals surface area (Å²) in [7, 11) is -1.56. The zero-order valence-electron chi connectivity index (χ0n) is 11.1. The highest BCUT2D eigenvalue weighted by molar-refractivity contribution is 7.60. The molecule has 0 atom stereocenters. The number of hydrogen-bond donors (Lipinski definition) is 2. The Hall–Kier alpha value is -1.81. The van der Waals surface area contributed by atoms with Crippen LogP contribution in [0.3, 0.4) is 0 Å². The van der Waals surface area contributed by atoms with Gasteiger partial charge >= 0.3 is 7.60 Å². The summed E-state index contributed by atoms with van der Waals surface area (Å²) >= 11 is 0. The summed E-state index contributed by atoms with van der Waals surface area (Å²) in [5, 5.41) is -0.153. The second kappa shape index (κ2) is 5.67. The fourth-order valence-corrected chi connectivity index (χ4v) is 2.77. The van der Waals surface area contributed by atoms with Crippen LogP contribution >= 0.6 is 7.60 Å². The second-order valence-electron chi connectivity index (χ2n) is 4.11. The average Bonchev–Trinajstić information content (AvgIpc) is 2.45. The van der Waals surface area contributed by atoms with Crippen LogP contribution in [0.25, 0.3) is 11.1 Å². The van der Waals surface area contributed by atoms with Crippen LogP contribution in [0.2, 0.25) is 0 Å². The number of rotatable bonds is 4. The first-order valence-corrected chi connectivity index (χ1v) is 7.46. The molecule has 2 N–H and O–H groups in total. The van der Waals surface area contributed by atoms with Crippen molar-refractivity contribution in [3.63, 3.8) is 0 Å². The maximum Gasteiger partial charge on any atom is 0.359 e. The molecule has 106 valence electrons. The molecule has 0 aromatic heterocycles. The van der Waals surface area contributed by atoms with Crippen molar-refractivity contribution in [1.82, 2.24) is 0 Å². The Morgan fingerprint density at radius 1 is 0.950 bits per heavy atom. The molecule has 0 aliphatic heterocycles. The minimum atomic E-state index is -4.43. The molecular formula is C14H15O5P. The van der Waals surface area contributed by atoms with Crippen LogP contribution in [0.5, 0.6) is 11.5 Å². The summed E-state index contributed by atoms with van der Waals surface area (Å²) in [4.78, 5) is 18.9. The molecule has 0 bridgehead atoms. The Morgan fingerprint density at radius 3 is 2.10 bits per heavy atom. The number of hydrogen-bond acceptors (Lipinski definition) is 3. The predicted molar refractivity (Wildman–Crippen MR) is 76.7 cm³/mol. The lowest BCUT2D eigenvalue weighted by Crippen LogP contribution is -2.10. The molecule has 2 rings (SSSR count). The van der Waals surface area contributed by atoms with E-state index in [1.165, 1.54) is 26.4 Å². The third kappa shape index (κ3) is 2.70. The van der Waals surface area contributed by atoms with Gasteiger partial charge in [-0.1, -0.05) is 30.3 Å². The van der Waals surface area contributed by atoms with Crippen LogP contribution in [-0.2, 0) is 4.57 Å². The van der Waals surface area contributed by atoms with E-state index >= 15 is 0 Å². The normalized spacial score (nSPS) is 11.2. The number of ether oxygens (including phenoxy) is 2. The van der Waals surface area contributed by atoms with Crippen molar-refractivity contribution in [3.05, 3.63) is 42.5 Å². The lowest BCUT2D eigenvalue weighted by atomic mass is 10.0. The number of methoxy groups -OCH3 is 2. The van der Waals surface area contributed by atoms with Crippen molar-refractivity contribution in [1.29, 1.82) is 0 Å². The van der Waals surface area contributed by atoms with Crippen LogP contribution in [0.15, 0.2) is 42.5 Å². The van der Waals surface area contributed by atoms with E-state index in [0.29, 0.717) is 11.3 Å². The van der Waals surface area contributed by atoms with E-state index in [-0.39, 0.29) is 11.1 Å². The fourth-order valence-electron chi connectivity index (χ4n) is 2.04. The molecule has 0 radical (unpaired) electrons. The van der Waals surface area contributed by atoms with E-state index in [0.717, 1.165) is 5.56 Å². The van der Waals surface area contributed by atoms with Gasteiger partial charge in [0.15, 0.2) is 0 Å². The van der Waals surface area contributed by atoms with Gasteiger partial charge in [-0.2, -0.15) is 0 Å². The van der Waals surface area contributed by atoms with E-state index in [1.54, 1.807) is 0 Å². The van der Waals surface area contributed by atoms with Gasteiger partial charge in [0, 0.05) is 0 Å². The predicted octanol–water partition coefficient (Wildman–Crippen LogP) is 2.17. The van der Waals surface area contributed by atoms with Gasteiger partial charge in [0.2, 0.25) is 0 Å². The van der Waals surface area contributed by atoms with Gasteiger partial charge in [-0.3, -0.25) is 4.57 Å². The highest BCUT2D eigenvalue weighted by Gasteiger charge is 2.27. The second-order valence-corrected chi connectivity index (χ2v) is 5.68. The lowest BCUT2D eigenvalue weighted by molar-refractivity contribution is 0.378. The molecule has 2 aromatic carbocycles. The quantitative estimate of drug-likeness (QED) is 0.845. The molecule has 0 aliphatic rings. The van der Waals surface area contributed by atoms with Gasteiger partial charge in [0.05, 0.1) is 19.8 Å². The molecule has 0 amide bonds. The third-order valence-electron chi connectivity index (χ3n) is 2.90. The monoisotopic (exact) mass is 294 g/mol. The average molecular weight is 294 g/mol. The van der Waals surface area contributed by atoms with Gasteiger partial charge < -0.3 is 19.3 Å². The first-order chi connectivity index (χ1) is 9.49. The zero-order valence-corrected chi connectivity index (χ0v) is 12.0. The van der Waals surface area contributed by atoms with Crippen molar-refractivity contribution in [2.75, 3.05) is 14.2 Å². The molecule has 0 saturated heterocycles. The van der Waals surface area contributed by atoms with Gasteiger partial charge in [-0.25, -0.2) is 0 Å². The third-order valence-corrected chi connectivity index (χ3v) is 3.88. The van der Waals surface area contributed by atoms with Crippen molar-refractivity contribution >= 4 is 12.9 Å². The van der Waals surface area contributed by atoms with E-state index in [1.807, 2.05) is 30.3 Å². The first-order valence-electron chi connectivity index (χ1n) is 5.85. The van der Waals surface area contributed by atoms with E-state index in [4.69, 9.17) is 9.47 Å². The highest BCUT2D eigenvalue weighted by Crippen LogP contribution is 2.45. The topological polar surface area (TPSA) is 76.0 Å². The van der Waals surface area contributed by atoms with Crippen molar-refractivity contribution in [2.24, 2.45) is 0 Å². The fraction of sp³-hybridized carbons (Fsp3) is 0.143. The Balaban J connectivity index is 2.79. The maximum absolute atomic E-state index is 11.6. The molecule has 0 heterocycles. The van der Waals surface area contributed by atoms with Crippen molar-refractivity contribution in [2.45, 2.75) is 0 Å². The molecule has 5 nitrogen and oxygen atoms in total. The van der Waals surface area contributed by atoms with Crippen molar-refractivity contribution < 1.29 is 23.8 Å². The molecule has 0 aliphatic carbocycles. The van der Waals surface area contributed by atoms with Gasteiger partial charge in [-0.15, -0.1) is 0 Å². The largest absolute Gasteiger partial charge is 0.496 e. The summed E-state index contributed by atoms with van der Waals surface area (Å²) in [6.45, 7) is 0. The Morgan fingerprint density at radius 2 is 1.60 bits per heavy atom. The minimum absolute atomic E-state index is 0.129. The molecular weight excluding hydrogens is 279 g/mol. The van der Waals surface area contributed by atoms with Gasteiger partial charge in [0.25, 0.3) is 0 Å². The molecule has 0 spiro atoms. The van der Waals surface area contributed by atoms with Crippen LogP contribution in [0.1, 0.15) is 0 Å². The summed E-state index contributed by atoms with van der Waals surface area (Å²) in [6, 6.07) is 12.0. The minimum Gasteiger partial charge on any atom is -0.496 e. The molecule has 6 heteroatoms. The van der Waals surface area contributed by atoms with Crippen molar-refractivity contribution in [3.8, 4) is 22.6 Å². The van der Waals surface area contributed by atoms with Gasteiger partial charge in [0.1, 0.15) is 16.8 Å². The molecule has 0 saturated carbocycles. The SMILES string of the molecule is COc1ccc(P(=O)(O)O)c(OC)c1-c1ccccc1. The van der Waals surface area contributed by atoms with E-state index in [2.05, 4.69) is 0 Å². The molecule has 0 unspecified atom stereocenters. The molecule has 2 aromatic rings. The molecule has 20 heavy (non-hydrogen) atoms. The summed E-state index contributed by atoms with van der Waals surface area (Å²) in [5.41, 5.74) is 1.29. The van der Waals surface area contributed by atoms with Crippen LogP contribution in [-0.4, -0.2) is 24.0 Å². The number of benzene rings is 2. The molecule has 0 fully saturated rings. The van der Waals surface area contributed by atoms with E-state index in [9.17, 15) is 14.4 Å². The first kappa shape index (κ1) is 14.6. The zero-order chi connectivity index (χ0) is 14.8. The standard InChI is InChI=1S/C14H15O5P/c1-18-11-8-9-12(20(15,16)17)14(19-2)13(11)10-6-4-3-5-7-10/h3-9H,1-2H3,(H2,15,16,17). The van der Waals surface area contributed by atoms with Crippen LogP contribution in [0.4, 0.5) is 0 Å². The summed E-state index contributed by atoms with van der Waals surface area (Å²) < 4.78 is 22.1. The summed E-state index contributed by atoms with van der Waals surface area (Å²) in [5.74, 6) is 0.620.